The standard InChI is InChI=1S/C8H12N2O4S/c1-8(14-2)4(7(12)13)10-5(11)3(9)6(10)15-8/h3-4,6H,9H2,1-2H3,(H,12,13)/t3-,4?,6+,8+/m1/s1. The molecule has 84 valence electrons. The van der Waals surface area contributed by atoms with Crippen LogP contribution in [0.5, 0.6) is 0 Å². The molecule has 0 saturated carbocycles. The van der Waals surface area contributed by atoms with Crippen LogP contribution in [0.1, 0.15) is 6.92 Å². The number of β-lactam (4-membered cyclic amide) rings is 1. The maximum absolute atomic E-state index is 11.4. The van der Waals surface area contributed by atoms with Gasteiger partial charge in [0.2, 0.25) is 5.91 Å². The summed E-state index contributed by atoms with van der Waals surface area (Å²) in [5.74, 6) is -1.38. The van der Waals surface area contributed by atoms with Gasteiger partial charge < -0.3 is 20.5 Å². The first-order valence-electron chi connectivity index (χ1n) is 4.46. The van der Waals surface area contributed by atoms with Gasteiger partial charge >= 0.3 is 5.97 Å². The summed E-state index contributed by atoms with van der Waals surface area (Å²) in [5, 5.41) is 8.80. The Balaban J connectivity index is 2.33. The third kappa shape index (κ3) is 1.20. The summed E-state index contributed by atoms with van der Waals surface area (Å²) < 4.78 is 5.18. The van der Waals surface area contributed by atoms with E-state index in [1.807, 2.05) is 0 Å². The topological polar surface area (TPSA) is 92.9 Å². The first-order valence-corrected chi connectivity index (χ1v) is 5.34. The molecule has 7 heteroatoms. The number of fused-ring (bicyclic) bond motifs is 1. The lowest BCUT2D eigenvalue weighted by atomic mass is 10.0. The molecule has 1 amide bonds. The molecule has 0 aromatic carbocycles. The second-order valence-corrected chi connectivity index (χ2v) is 5.27. The van der Waals surface area contributed by atoms with E-state index in [4.69, 9.17) is 15.6 Å². The number of nitrogens with zero attached hydrogens (tertiary/aromatic N) is 1. The molecule has 0 spiro atoms. The molecule has 1 unspecified atom stereocenters. The fourth-order valence-electron chi connectivity index (χ4n) is 1.97. The van der Waals surface area contributed by atoms with Crippen LogP contribution in [0.3, 0.4) is 0 Å². The van der Waals surface area contributed by atoms with Gasteiger partial charge in [-0.15, -0.1) is 0 Å². The number of methoxy groups -OCH3 is 1. The van der Waals surface area contributed by atoms with Crippen molar-refractivity contribution < 1.29 is 19.4 Å². The average Bonchev–Trinajstić information content (AvgIpc) is 2.49. The Morgan fingerprint density at radius 1 is 1.73 bits per heavy atom. The lowest BCUT2D eigenvalue weighted by Crippen LogP contribution is -2.68. The predicted molar refractivity (Wildman–Crippen MR) is 53.0 cm³/mol. The molecule has 6 nitrogen and oxygen atoms in total. The summed E-state index contributed by atoms with van der Waals surface area (Å²) in [5.41, 5.74) is 5.58. The van der Waals surface area contributed by atoms with Crippen LogP contribution in [-0.4, -0.2) is 51.4 Å². The van der Waals surface area contributed by atoms with Gasteiger partial charge in [-0.25, -0.2) is 4.79 Å². The highest BCUT2D eigenvalue weighted by atomic mass is 32.2. The van der Waals surface area contributed by atoms with Crippen LogP contribution >= 0.6 is 11.8 Å². The molecular weight excluding hydrogens is 220 g/mol. The summed E-state index contributed by atoms with van der Waals surface area (Å²) in [6, 6.07) is -1.56. The lowest BCUT2D eigenvalue weighted by Gasteiger charge is -2.41. The Bertz CT molecular complexity index is 337. The maximum Gasteiger partial charge on any atom is 0.330 e. The monoisotopic (exact) mass is 232 g/mol. The number of nitrogens with two attached hydrogens (primary N) is 1. The second-order valence-electron chi connectivity index (χ2n) is 3.74. The number of amides is 1. The van der Waals surface area contributed by atoms with E-state index < -0.39 is 23.0 Å². The number of hydrogen-bond acceptors (Lipinski definition) is 5. The fourth-order valence-corrected chi connectivity index (χ4v) is 3.50. The summed E-state index contributed by atoms with van der Waals surface area (Å²) in [4.78, 5) is 22.9. The molecule has 4 atom stereocenters. The number of aliphatic carboxylic acids is 1. The van der Waals surface area contributed by atoms with Crippen molar-refractivity contribution in [3.8, 4) is 0 Å². The number of carbonyl (C=O) groups is 2. The Morgan fingerprint density at radius 3 is 2.80 bits per heavy atom. The molecule has 2 aliphatic heterocycles. The molecule has 2 saturated heterocycles. The van der Waals surface area contributed by atoms with Crippen LogP contribution in [0, 0.1) is 0 Å². The molecule has 15 heavy (non-hydrogen) atoms. The third-order valence-corrected chi connectivity index (χ3v) is 4.51. The van der Waals surface area contributed by atoms with Crippen LogP contribution in [0.2, 0.25) is 0 Å². The third-order valence-electron chi connectivity index (χ3n) is 2.89. The van der Waals surface area contributed by atoms with E-state index in [2.05, 4.69) is 0 Å². The van der Waals surface area contributed by atoms with Crippen molar-refractivity contribution >= 4 is 23.6 Å². The molecule has 0 aromatic heterocycles. The SMILES string of the molecule is CO[C@@]1(C)S[C@H]2[C@H](N)C(=O)N2C1C(=O)O. The van der Waals surface area contributed by atoms with Gasteiger partial charge in [0.05, 0.1) is 0 Å². The highest BCUT2D eigenvalue weighted by Crippen LogP contribution is 2.50. The molecular formula is C8H12N2O4S. The fraction of sp³-hybridized carbons (Fsp3) is 0.750. The van der Waals surface area contributed by atoms with E-state index >= 15 is 0 Å². The van der Waals surface area contributed by atoms with Crippen molar-refractivity contribution in [2.45, 2.75) is 29.3 Å². The van der Waals surface area contributed by atoms with Crippen molar-refractivity contribution in [1.29, 1.82) is 0 Å². The number of rotatable bonds is 2. The molecule has 0 aromatic rings. The summed E-state index contributed by atoms with van der Waals surface area (Å²) >= 11 is 1.29. The first kappa shape index (κ1) is 10.7. The molecule has 2 fully saturated rings. The van der Waals surface area contributed by atoms with E-state index in [9.17, 15) is 9.59 Å². The normalized spacial score (nSPS) is 43.8. The minimum Gasteiger partial charge on any atom is -0.480 e. The number of thioether (sulfide) groups is 1. The smallest absolute Gasteiger partial charge is 0.330 e. The van der Waals surface area contributed by atoms with Gasteiger partial charge in [-0.2, -0.15) is 0 Å². The van der Waals surface area contributed by atoms with Gasteiger partial charge in [-0.1, -0.05) is 11.8 Å². The maximum atomic E-state index is 11.4. The zero-order valence-corrected chi connectivity index (χ0v) is 9.15. The van der Waals surface area contributed by atoms with Crippen LogP contribution < -0.4 is 5.73 Å². The minimum absolute atomic E-state index is 0.274. The van der Waals surface area contributed by atoms with Gasteiger partial charge in [0.15, 0.2) is 6.04 Å². The Morgan fingerprint density at radius 2 is 2.33 bits per heavy atom. The molecule has 2 rings (SSSR count). The highest BCUT2D eigenvalue weighted by Gasteiger charge is 2.65. The molecule has 3 N–H and O–H groups in total. The second kappa shape index (κ2) is 3.10. The summed E-state index contributed by atoms with van der Waals surface area (Å²) in [7, 11) is 1.44. The number of carbonyl (C=O) groups excluding carboxylic acids is 1. The Kier molecular flexibility index (Phi) is 2.21. The Hall–Kier alpha value is -0.790. The average molecular weight is 232 g/mol. The summed E-state index contributed by atoms with van der Waals surface area (Å²) in [6.07, 6.45) is 0. The van der Waals surface area contributed by atoms with E-state index in [1.165, 1.54) is 23.8 Å². The van der Waals surface area contributed by atoms with Gasteiger partial charge in [-0.3, -0.25) is 4.79 Å². The van der Waals surface area contributed by atoms with Crippen LogP contribution in [0.4, 0.5) is 0 Å². The Labute approximate surface area is 90.7 Å². The van der Waals surface area contributed by atoms with Crippen LogP contribution in [-0.2, 0) is 14.3 Å². The number of hydrogen-bond donors (Lipinski definition) is 2. The van der Waals surface area contributed by atoms with E-state index in [0.29, 0.717) is 0 Å². The van der Waals surface area contributed by atoms with E-state index in [1.54, 1.807) is 6.92 Å². The van der Waals surface area contributed by atoms with Crippen LogP contribution in [0.15, 0.2) is 0 Å². The summed E-state index contributed by atoms with van der Waals surface area (Å²) in [6.45, 7) is 1.66. The molecule has 2 heterocycles. The zero-order chi connectivity index (χ0) is 11.4. The molecule has 0 aliphatic carbocycles. The van der Waals surface area contributed by atoms with Crippen molar-refractivity contribution in [2.24, 2.45) is 5.73 Å². The minimum atomic E-state index is -1.06. The lowest BCUT2D eigenvalue weighted by molar-refractivity contribution is -0.164. The van der Waals surface area contributed by atoms with Crippen molar-refractivity contribution in [3.05, 3.63) is 0 Å². The van der Waals surface area contributed by atoms with Crippen molar-refractivity contribution in [1.82, 2.24) is 4.90 Å². The highest BCUT2D eigenvalue weighted by molar-refractivity contribution is 8.01. The van der Waals surface area contributed by atoms with Crippen molar-refractivity contribution in [3.63, 3.8) is 0 Å². The predicted octanol–water partition coefficient (Wildman–Crippen LogP) is -0.955. The zero-order valence-electron chi connectivity index (χ0n) is 8.34. The van der Waals surface area contributed by atoms with Gasteiger partial charge in [0.1, 0.15) is 16.3 Å². The van der Waals surface area contributed by atoms with Gasteiger partial charge in [-0.05, 0) is 6.92 Å². The van der Waals surface area contributed by atoms with Gasteiger partial charge in [0, 0.05) is 7.11 Å². The van der Waals surface area contributed by atoms with Crippen molar-refractivity contribution in [2.75, 3.05) is 7.11 Å². The molecule has 2 aliphatic rings. The van der Waals surface area contributed by atoms with E-state index in [-0.39, 0.29) is 11.3 Å². The molecule has 0 bridgehead atoms. The molecule has 0 radical (unpaired) electrons. The quantitative estimate of drug-likeness (QED) is 0.596. The number of carboxylic acids is 1. The number of carboxylic acid groups (broad SMARTS) is 1. The van der Waals surface area contributed by atoms with E-state index in [0.717, 1.165) is 0 Å². The first-order chi connectivity index (χ1) is 6.92. The van der Waals surface area contributed by atoms with Crippen LogP contribution in [0.25, 0.3) is 0 Å². The largest absolute Gasteiger partial charge is 0.480 e. The number of ether oxygens (including phenoxy) is 1. The van der Waals surface area contributed by atoms with Gasteiger partial charge in [0.25, 0.3) is 0 Å².